The summed E-state index contributed by atoms with van der Waals surface area (Å²) in [5, 5.41) is 10.0. The summed E-state index contributed by atoms with van der Waals surface area (Å²) >= 11 is 0. The molecule has 14 heavy (non-hydrogen) atoms. The molecule has 2 heteroatoms. The van der Waals surface area contributed by atoms with Crippen LogP contribution in [-0.4, -0.2) is 23.9 Å². The number of aliphatic hydroxyl groups excluding tert-OH is 1. The van der Waals surface area contributed by atoms with E-state index < -0.39 is 0 Å². The lowest BCUT2D eigenvalue weighted by Crippen LogP contribution is -2.31. The van der Waals surface area contributed by atoms with Crippen LogP contribution in [0.15, 0.2) is 0 Å². The third-order valence-electron chi connectivity index (χ3n) is 3.39. The first-order valence-electron chi connectivity index (χ1n) is 6.11. The smallest absolute Gasteiger partial charge is 0.0861 e. The zero-order valence-electron chi connectivity index (χ0n) is 9.11. The fourth-order valence-electron chi connectivity index (χ4n) is 2.16. The molecule has 0 amide bonds. The Bertz CT molecular complexity index is 173. The number of hydrogen-bond donors (Lipinski definition) is 1. The van der Waals surface area contributed by atoms with Crippen molar-refractivity contribution in [3.8, 4) is 0 Å². The van der Waals surface area contributed by atoms with E-state index >= 15 is 0 Å². The maximum absolute atomic E-state index is 10.0. The van der Waals surface area contributed by atoms with Gasteiger partial charge in [0, 0.05) is 6.61 Å². The average molecular weight is 198 g/mol. The lowest BCUT2D eigenvalue weighted by atomic mass is 10.0. The van der Waals surface area contributed by atoms with Crippen LogP contribution in [0.4, 0.5) is 0 Å². The molecule has 0 aromatic rings. The molecule has 2 fully saturated rings. The van der Waals surface area contributed by atoms with E-state index in [1.54, 1.807) is 0 Å². The summed E-state index contributed by atoms with van der Waals surface area (Å²) in [6, 6.07) is 0. The van der Waals surface area contributed by atoms with Crippen molar-refractivity contribution in [2.45, 2.75) is 57.7 Å². The number of ether oxygens (including phenoxy) is 1. The number of rotatable bonds is 7. The van der Waals surface area contributed by atoms with Crippen molar-refractivity contribution >= 4 is 0 Å². The molecule has 0 heterocycles. The van der Waals surface area contributed by atoms with Crippen LogP contribution in [0.25, 0.3) is 0 Å². The maximum Gasteiger partial charge on any atom is 0.0861 e. The molecule has 2 atom stereocenters. The Balaban J connectivity index is 1.70. The number of aliphatic hydroxyl groups is 1. The summed E-state index contributed by atoms with van der Waals surface area (Å²) in [5.74, 6) is 1.58. The first kappa shape index (κ1) is 10.4. The lowest BCUT2D eigenvalue weighted by molar-refractivity contribution is -0.0486. The molecule has 0 spiro atoms. The third kappa shape index (κ3) is 2.96. The van der Waals surface area contributed by atoms with E-state index in [9.17, 15) is 5.11 Å². The highest BCUT2D eigenvalue weighted by Gasteiger charge is 2.36. The van der Waals surface area contributed by atoms with E-state index in [4.69, 9.17) is 4.74 Å². The van der Waals surface area contributed by atoms with Gasteiger partial charge in [0.25, 0.3) is 0 Å². The van der Waals surface area contributed by atoms with Gasteiger partial charge in [-0.25, -0.2) is 0 Å². The second-order valence-electron chi connectivity index (χ2n) is 4.85. The quantitative estimate of drug-likeness (QED) is 0.680. The molecule has 0 aliphatic heterocycles. The Morgan fingerprint density at radius 2 is 2.00 bits per heavy atom. The molecule has 0 bridgehead atoms. The fourth-order valence-corrected chi connectivity index (χ4v) is 2.16. The van der Waals surface area contributed by atoms with E-state index in [1.165, 1.54) is 32.1 Å². The first-order valence-corrected chi connectivity index (χ1v) is 6.11. The van der Waals surface area contributed by atoms with E-state index in [0.717, 1.165) is 18.9 Å². The monoisotopic (exact) mass is 198 g/mol. The highest BCUT2D eigenvalue weighted by Crippen LogP contribution is 2.39. The molecule has 2 aliphatic carbocycles. The summed E-state index contributed by atoms with van der Waals surface area (Å²) in [4.78, 5) is 0. The van der Waals surface area contributed by atoms with Crippen molar-refractivity contribution < 1.29 is 9.84 Å². The summed E-state index contributed by atoms with van der Waals surface area (Å²) in [7, 11) is 0. The normalized spacial score (nSPS) is 26.1. The lowest BCUT2D eigenvalue weighted by Gasteiger charge is -2.22. The molecule has 0 aromatic carbocycles. The molecular formula is C12H22O2. The van der Waals surface area contributed by atoms with Crippen LogP contribution >= 0.6 is 0 Å². The second-order valence-corrected chi connectivity index (χ2v) is 4.85. The number of hydrogen-bond acceptors (Lipinski definition) is 2. The topological polar surface area (TPSA) is 29.5 Å². The minimum atomic E-state index is -0.206. The van der Waals surface area contributed by atoms with Crippen molar-refractivity contribution in [1.29, 1.82) is 0 Å². The van der Waals surface area contributed by atoms with Gasteiger partial charge in [0.2, 0.25) is 0 Å². The van der Waals surface area contributed by atoms with Gasteiger partial charge < -0.3 is 9.84 Å². The SMILES string of the molecule is CCOC(C(O)CCC1CC1)C1CC1. The van der Waals surface area contributed by atoms with Crippen molar-refractivity contribution in [2.75, 3.05) is 6.61 Å². The van der Waals surface area contributed by atoms with Gasteiger partial charge in [-0.3, -0.25) is 0 Å². The van der Waals surface area contributed by atoms with Crippen molar-refractivity contribution in [1.82, 2.24) is 0 Å². The van der Waals surface area contributed by atoms with Gasteiger partial charge in [-0.1, -0.05) is 12.8 Å². The Labute approximate surface area is 86.6 Å². The molecule has 0 radical (unpaired) electrons. The summed E-state index contributed by atoms with van der Waals surface area (Å²) < 4.78 is 5.63. The molecule has 2 rings (SSSR count). The first-order chi connectivity index (χ1) is 6.81. The van der Waals surface area contributed by atoms with Crippen molar-refractivity contribution in [3.05, 3.63) is 0 Å². The summed E-state index contributed by atoms with van der Waals surface area (Å²) in [6.45, 7) is 2.75. The van der Waals surface area contributed by atoms with Crippen molar-refractivity contribution in [2.24, 2.45) is 11.8 Å². The molecule has 0 aromatic heterocycles. The predicted octanol–water partition coefficient (Wildman–Crippen LogP) is 2.35. The van der Waals surface area contributed by atoms with Gasteiger partial charge in [-0.2, -0.15) is 0 Å². The Hall–Kier alpha value is -0.0800. The zero-order chi connectivity index (χ0) is 9.97. The minimum absolute atomic E-state index is 0.138. The van der Waals surface area contributed by atoms with Crippen LogP contribution in [0.1, 0.15) is 45.4 Å². The van der Waals surface area contributed by atoms with Gasteiger partial charge in [-0.05, 0) is 44.4 Å². The molecule has 2 nitrogen and oxygen atoms in total. The highest BCUT2D eigenvalue weighted by atomic mass is 16.5. The maximum atomic E-state index is 10.0. The molecular weight excluding hydrogens is 176 g/mol. The predicted molar refractivity (Wildman–Crippen MR) is 56.1 cm³/mol. The largest absolute Gasteiger partial charge is 0.390 e. The van der Waals surface area contributed by atoms with E-state index in [0.29, 0.717) is 5.92 Å². The van der Waals surface area contributed by atoms with E-state index in [1.807, 2.05) is 6.92 Å². The van der Waals surface area contributed by atoms with Crippen molar-refractivity contribution in [3.63, 3.8) is 0 Å². The van der Waals surface area contributed by atoms with Crippen LogP contribution in [0.5, 0.6) is 0 Å². The second kappa shape index (κ2) is 4.63. The van der Waals surface area contributed by atoms with Crippen LogP contribution in [-0.2, 0) is 4.74 Å². The van der Waals surface area contributed by atoms with Gasteiger partial charge in [-0.15, -0.1) is 0 Å². The van der Waals surface area contributed by atoms with Crippen LogP contribution < -0.4 is 0 Å². The fraction of sp³-hybridized carbons (Fsp3) is 1.00. The zero-order valence-corrected chi connectivity index (χ0v) is 9.11. The Morgan fingerprint density at radius 1 is 1.29 bits per heavy atom. The Morgan fingerprint density at radius 3 is 2.50 bits per heavy atom. The van der Waals surface area contributed by atoms with Gasteiger partial charge >= 0.3 is 0 Å². The van der Waals surface area contributed by atoms with Crippen LogP contribution in [0, 0.1) is 11.8 Å². The van der Waals surface area contributed by atoms with Gasteiger partial charge in [0.05, 0.1) is 12.2 Å². The summed E-state index contributed by atoms with van der Waals surface area (Å²) in [5.41, 5.74) is 0. The molecule has 0 saturated heterocycles. The third-order valence-corrected chi connectivity index (χ3v) is 3.39. The van der Waals surface area contributed by atoms with Crippen LogP contribution in [0.2, 0.25) is 0 Å². The minimum Gasteiger partial charge on any atom is -0.390 e. The average Bonchev–Trinajstić information content (AvgIpc) is 3.03. The molecule has 1 N–H and O–H groups in total. The van der Waals surface area contributed by atoms with E-state index in [2.05, 4.69) is 0 Å². The van der Waals surface area contributed by atoms with Crippen LogP contribution in [0.3, 0.4) is 0 Å². The molecule has 2 unspecified atom stereocenters. The molecule has 2 aliphatic rings. The van der Waals surface area contributed by atoms with Gasteiger partial charge in [0.1, 0.15) is 0 Å². The standard InChI is InChI=1S/C12H22O2/c1-2-14-12(10-6-7-10)11(13)8-5-9-3-4-9/h9-13H,2-8H2,1H3. The Kier molecular flexibility index (Phi) is 3.45. The molecule has 82 valence electrons. The van der Waals surface area contributed by atoms with Gasteiger partial charge in [0.15, 0.2) is 0 Å². The molecule has 2 saturated carbocycles. The highest BCUT2D eigenvalue weighted by molar-refractivity contribution is 4.87. The summed E-state index contributed by atoms with van der Waals surface area (Å²) in [6.07, 6.45) is 7.37. The van der Waals surface area contributed by atoms with E-state index in [-0.39, 0.29) is 12.2 Å².